The zero-order chi connectivity index (χ0) is 20.9. The van der Waals surface area contributed by atoms with E-state index in [-0.39, 0.29) is 30.8 Å². The highest BCUT2D eigenvalue weighted by Gasteiger charge is 2.61. The maximum Gasteiger partial charge on any atom is 0.318 e. The van der Waals surface area contributed by atoms with Crippen molar-refractivity contribution in [1.29, 1.82) is 0 Å². The monoisotopic (exact) mass is 420 g/mol. The lowest BCUT2D eigenvalue weighted by Gasteiger charge is -2.35. The number of allylic oxidation sites excluding steroid dienone is 1. The molecule has 0 aromatic rings. The molecule has 0 unspecified atom stereocenters. The highest BCUT2D eigenvalue weighted by atomic mass is 32.2. The number of amides is 2. The van der Waals surface area contributed by atoms with Gasteiger partial charge in [-0.3, -0.25) is 14.4 Å². The van der Waals surface area contributed by atoms with Crippen LogP contribution < -0.4 is 0 Å². The van der Waals surface area contributed by atoms with Crippen molar-refractivity contribution in [3.05, 3.63) is 24.4 Å². The molecule has 160 valence electrons. The molecule has 7 heteroatoms. The molecule has 2 amide bonds. The van der Waals surface area contributed by atoms with E-state index in [2.05, 4.69) is 6.58 Å². The molecule has 2 fully saturated rings. The van der Waals surface area contributed by atoms with Crippen LogP contribution in [0.3, 0.4) is 0 Å². The molecule has 29 heavy (non-hydrogen) atoms. The summed E-state index contributed by atoms with van der Waals surface area (Å²) in [5.74, 6) is 0.593. The summed E-state index contributed by atoms with van der Waals surface area (Å²) in [6, 6.07) is 0. The summed E-state index contributed by atoms with van der Waals surface area (Å²) in [6.45, 7) is 7.58. The lowest BCUT2D eigenvalue weighted by Crippen LogP contribution is -2.44. The second-order valence-electron chi connectivity index (χ2n) is 7.87. The van der Waals surface area contributed by atoms with Crippen LogP contribution in [0, 0.1) is 11.3 Å². The zero-order valence-corrected chi connectivity index (χ0v) is 18.2. The first-order valence-electron chi connectivity index (χ1n) is 10.7. The van der Waals surface area contributed by atoms with Gasteiger partial charge >= 0.3 is 5.97 Å². The molecule has 1 aliphatic carbocycles. The smallest absolute Gasteiger partial charge is 0.318 e. The van der Waals surface area contributed by atoms with E-state index < -0.39 is 11.3 Å². The van der Waals surface area contributed by atoms with Crippen molar-refractivity contribution in [2.45, 2.75) is 45.4 Å². The third kappa shape index (κ3) is 4.25. The van der Waals surface area contributed by atoms with Gasteiger partial charge in [-0.1, -0.05) is 25.0 Å². The molecule has 0 spiro atoms. The van der Waals surface area contributed by atoms with Crippen LogP contribution in [-0.4, -0.2) is 65.3 Å². The fourth-order valence-corrected chi connectivity index (χ4v) is 5.70. The molecule has 0 N–H and O–H groups in total. The molecular formula is C22H32N2O4S. The van der Waals surface area contributed by atoms with E-state index in [1.54, 1.807) is 17.9 Å². The maximum atomic E-state index is 13.5. The van der Waals surface area contributed by atoms with E-state index >= 15 is 0 Å². The standard InChI is InChI=1S/C22H32N2O4S/c1-3-11-24-18-9-7-5-6-8-10-22(18,21(27)28-4-2)17(20(24)26)16-19(25)23-12-14-29-15-13-23/h3,9,17H,1,4-8,10-16H2,2H3/b18-9+/t17-,22-/m1/s1. The topological polar surface area (TPSA) is 66.9 Å². The molecule has 0 aromatic carbocycles. The van der Waals surface area contributed by atoms with E-state index in [0.29, 0.717) is 26.1 Å². The van der Waals surface area contributed by atoms with Crippen LogP contribution in [0.1, 0.15) is 45.4 Å². The van der Waals surface area contributed by atoms with Gasteiger partial charge in [0, 0.05) is 43.3 Å². The van der Waals surface area contributed by atoms with Gasteiger partial charge in [-0.05, 0) is 26.2 Å². The summed E-state index contributed by atoms with van der Waals surface area (Å²) in [7, 11) is 0. The van der Waals surface area contributed by atoms with Gasteiger partial charge in [-0.2, -0.15) is 11.8 Å². The molecule has 0 radical (unpaired) electrons. The molecule has 2 heterocycles. The van der Waals surface area contributed by atoms with Crippen molar-refractivity contribution in [2.24, 2.45) is 11.3 Å². The Morgan fingerprint density at radius 2 is 2.07 bits per heavy atom. The number of likely N-dealkylation sites (tertiary alicyclic amines) is 1. The van der Waals surface area contributed by atoms with Gasteiger partial charge in [0.15, 0.2) is 0 Å². The number of carbonyl (C=O) groups is 3. The highest BCUT2D eigenvalue weighted by molar-refractivity contribution is 7.99. The van der Waals surface area contributed by atoms with Crippen LogP contribution in [0.4, 0.5) is 0 Å². The number of hydrogen-bond donors (Lipinski definition) is 0. The Balaban J connectivity index is 2.00. The quantitative estimate of drug-likeness (QED) is 0.488. The van der Waals surface area contributed by atoms with E-state index in [1.165, 1.54) is 0 Å². The number of ether oxygens (including phenoxy) is 1. The summed E-state index contributed by atoms with van der Waals surface area (Å²) in [6.07, 6.45) is 8.02. The Morgan fingerprint density at radius 3 is 2.76 bits per heavy atom. The molecule has 0 aromatic heterocycles. The number of carbonyl (C=O) groups excluding carboxylic acids is 3. The zero-order valence-electron chi connectivity index (χ0n) is 17.4. The number of nitrogens with zero attached hydrogens (tertiary/aromatic N) is 2. The second-order valence-corrected chi connectivity index (χ2v) is 9.09. The molecule has 0 saturated carbocycles. The van der Waals surface area contributed by atoms with Gasteiger partial charge < -0.3 is 14.5 Å². The van der Waals surface area contributed by atoms with Crippen molar-refractivity contribution in [1.82, 2.24) is 9.80 Å². The lowest BCUT2D eigenvalue weighted by molar-refractivity contribution is -0.158. The predicted molar refractivity (Wildman–Crippen MR) is 114 cm³/mol. The second kappa shape index (κ2) is 9.83. The molecule has 3 rings (SSSR count). The first kappa shape index (κ1) is 21.9. The highest BCUT2D eigenvalue weighted by Crippen LogP contribution is 2.52. The summed E-state index contributed by atoms with van der Waals surface area (Å²) in [5.41, 5.74) is -0.330. The van der Waals surface area contributed by atoms with Crippen LogP contribution in [0.5, 0.6) is 0 Å². The summed E-state index contributed by atoms with van der Waals surface area (Å²) >= 11 is 1.84. The maximum absolute atomic E-state index is 13.5. The Bertz CT molecular complexity index is 686. The first-order valence-corrected chi connectivity index (χ1v) is 11.9. The molecule has 2 aliphatic heterocycles. The van der Waals surface area contributed by atoms with Gasteiger partial charge in [0.2, 0.25) is 11.8 Å². The molecule has 6 nitrogen and oxygen atoms in total. The summed E-state index contributed by atoms with van der Waals surface area (Å²) in [4.78, 5) is 43.4. The Hall–Kier alpha value is -1.76. The minimum atomic E-state index is -1.06. The van der Waals surface area contributed by atoms with Crippen LogP contribution in [-0.2, 0) is 19.1 Å². The van der Waals surface area contributed by atoms with Gasteiger partial charge in [-0.25, -0.2) is 0 Å². The van der Waals surface area contributed by atoms with Gasteiger partial charge in [0.05, 0.1) is 12.5 Å². The fourth-order valence-electron chi connectivity index (χ4n) is 4.80. The van der Waals surface area contributed by atoms with Crippen molar-refractivity contribution >= 4 is 29.5 Å². The van der Waals surface area contributed by atoms with E-state index in [0.717, 1.165) is 42.9 Å². The van der Waals surface area contributed by atoms with Gasteiger partial charge in [-0.15, -0.1) is 6.58 Å². The SMILES string of the molecule is C=CCN1C(=O)[C@@H](CC(=O)N2CCSCC2)[C@]2(C(=O)OCC)CCCCC/C=C/12. The van der Waals surface area contributed by atoms with Crippen molar-refractivity contribution < 1.29 is 19.1 Å². The third-order valence-electron chi connectivity index (χ3n) is 6.21. The van der Waals surface area contributed by atoms with Crippen LogP contribution in [0.2, 0.25) is 0 Å². The van der Waals surface area contributed by atoms with Crippen LogP contribution in [0.25, 0.3) is 0 Å². The predicted octanol–water partition coefficient (Wildman–Crippen LogP) is 2.99. The number of hydrogen-bond acceptors (Lipinski definition) is 5. The molecule has 2 atom stereocenters. The average molecular weight is 421 g/mol. The number of fused-ring (bicyclic) bond motifs is 1. The van der Waals surface area contributed by atoms with Gasteiger partial charge in [0.25, 0.3) is 0 Å². The Kier molecular flexibility index (Phi) is 7.44. The van der Waals surface area contributed by atoms with Gasteiger partial charge in [0.1, 0.15) is 5.41 Å². The van der Waals surface area contributed by atoms with E-state index in [4.69, 9.17) is 4.74 Å². The average Bonchev–Trinajstić information content (AvgIpc) is 2.91. The summed E-state index contributed by atoms with van der Waals surface area (Å²) < 4.78 is 5.50. The number of thioether (sulfide) groups is 1. The van der Waals surface area contributed by atoms with Crippen molar-refractivity contribution in [3.8, 4) is 0 Å². The molecule has 2 saturated heterocycles. The fraction of sp³-hybridized carbons (Fsp3) is 0.682. The first-order chi connectivity index (χ1) is 14.1. The van der Waals surface area contributed by atoms with Crippen molar-refractivity contribution in [2.75, 3.05) is 37.7 Å². The largest absolute Gasteiger partial charge is 0.465 e. The Morgan fingerprint density at radius 1 is 1.31 bits per heavy atom. The minimum absolute atomic E-state index is 0.0332. The van der Waals surface area contributed by atoms with Crippen molar-refractivity contribution in [3.63, 3.8) is 0 Å². The van der Waals surface area contributed by atoms with Crippen LogP contribution >= 0.6 is 11.8 Å². The van der Waals surface area contributed by atoms with E-state index in [1.807, 2.05) is 22.7 Å². The lowest BCUT2D eigenvalue weighted by atomic mass is 9.69. The summed E-state index contributed by atoms with van der Waals surface area (Å²) in [5, 5.41) is 0. The molecule has 0 bridgehead atoms. The minimum Gasteiger partial charge on any atom is -0.465 e. The number of esters is 1. The molecule has 3 aliphatic rings. The molecular weight excluding hydrogens is 388 g/mol. The Labute approximate surface area is 177 Å². The third-order valence-corrected chi connectivity index (χ3v) is 7.16. The van der Waals surface area contributed by atoms with Crippen LogP contribution in [0.15, 0.2) is 24.4 Å². The number of rotatable bonds is 6. The van der Waals surface area contributed by atoms with E-state index in [9.17, 15) is 14.4 Å². The normalized spacial score (nSPS) is 29.3.